The number of hydrogen-bond acceptors (Lipinski definition) is 0. The third kappa shape index (κ3) is 2.88. The van der Waals surface area contributed by atoms with Crippen LogP contribution in [0, 0.1) is 0 Å². The number of hydrogen-bond donors (Lipinski definition) is 0. The molecular formula is C38H24N2. The van der Waals surface area contributed by atoms with Crippen LogP contribution in [0.5, 0.6) is 0 Å². The van der Waals surface area contributed by atoms with Gasteiger partial charge < -0.3 is 9.13 Å². The molecule has 2 aromatic heterocycles. The monoisotopic (exact) mass is 508 g/mol. The second kappa shape index (κ2) is 8.08. The van der Waals surface area contributed by atoms with E-state index in [-0.39, 0.29) is 0 Å². The fourth-order valence-corrected chi connectivity index (χ4v) is 6.78. The zero-order valence-electron chi connectivity index (χ0n) is 21.8. The maximum absolute atomic E-state index is 2.42. The molecule has 0 amide bonds. The Morgan fingerprint density at radius 1 is 0.350 bits per heavy atom. The molecule has 0 saturated heterocycles. The predicted octanol–water partition coefficient (Wildman–Crippen LogP) is 10.2. The van der Waals surface area contributed by atoms with Crippen LogP contribution in [0.4, 0.5) is 0 Å². The Morgan fingerprint density at radius 3 is 1.65 bits per heavy atom. The Morgan fingerprint density at radius 2 is 0.925 bits per heavy atom. The first kappa shape index (κ1) is 21.6. The first-order valence-corrected chi connectivity index (χ1v) is 13.8. The molecule has 186 valence electrons. The summed E-state index contributed by atoms with van der Waals surface area (Å²) < 4.78 is 4.80. The van der Waals surface area contributed by atoms with E-state index in [0.29, 0.717) is 0 Å². The van der Waals surface area contributed by atoms with Crippen LogP contribution < -0.4 is 0 Å². The Balaban J connectivity index is 1.42. The van der Waals surface area contributed by atoms with Gasteiger partial charge in [-0.15, -0.1) is 0 Å². The van der Waals surface area contributed by atoms with Crippen molar-refractivity contribution in [3.05, 3.63) is 146 Å². The van der Waals surface area contributed by atoms with Crippen LogP contribution in [0.1, 0.15) is 0 Å². The molecule has 2 heteroatoms. The van der Waals surface area contributed by atoms with Gasteiger partial charge in [0.1, 0.15) is 0 Å². The summed E-state index contributed by atoms with van der Waals surface area (Å²) in [4.78, 5) is 0. The Labute approximate surface area is 230 Å². The van der Waals surface area contributed by atoms with E-state index in [1.54, 1.807) is 0 Å². The number of aromatic nitrogens is 2. The lowest BCUT2D eigenvalue weighted by molar-refractivity contribution is 1.12. The lowest BCUT2D eigenvalue weighted by Crippen LogP contribution is -1.98. The predicted molar refractivity (Wildman–Crippen MR) is 170 cm³/mol. The van der Waals surface area contributed by atoms with Gasteiger partial charge in [-0.3, -0.25) is 0 Å². The Bertz CT molecular complexity index is 2390. The van der Waals surface area contributed by atoms with E-state index in [1.807, 2.05) is 0 Å². The van der Waals surface area contributed by atoms with E-state index in [9.17, 15) is 0 Å². The number of rotatable bonds is 2. The van der Waals surface area contributed by atoms with Crippen LogP contribution in [0.15, 0.2) is 146 Å². The lowest BCUT2D eigenvalue weighted by atomic mass is 9.94. The molecule has 0 atom stereocenters. The molecule has 2 heterocycles. The van der Waals surface area contributed by atoms with Gasteiger partial charge in [-0.1, -0.05) is 103 Å². The minimum atomic E-state index is 1.17. The van der Waals surface area contributed by atoms with Gasteiger partial charge in [0, 0.05) is 33.7 Å². The molecule has 0 aliphatic heterocycles. The molecule has 40 heavy (non-hydrogen) atoms. The summed E-state index contributed by atoms with van der Waals surface area (Å²) in [5.41, 5.74) is 6.02. The van der Waals surface area contributed by atoms with E-state index in [1.165, 1.54) is 76.4 Å². The lowest BCUT2D eigenvalue weighted by Gasteiger charge is -2.14. The molecular weight excluding hydrogens is 484 g/mol. The quantitative estimate of drug-likeness (QED) is 0.206. The second-order valence-corrected chi connectivity index (χ2v) is 10.6. The average molecular weight is 509 g/mol. The maximum Gasteiger partial charge on any atom is 0.0788 e. The van der Waals surface area contributed by atoms with Crippen LogP contribution in [0.2, 0.25) is 0 Å². The van der Waals surface area contributed by atoms with E-state index < -0.39 is 0 Å². The molecule has 9 rings (SSSR count). The fourth-order valence-electron chi connectivity index (χ4n) is 6.78. The van der Waals surface area contributed by atoms with E-state index in [4.69, 9.17) is 0 Å². The SMILES string of the molecule is c1ccc(-n2c3ccccc3c3ccc4ccn(-c5ccc6c7ccccc7c7ccccc7c6c5)c4c32)cc1. The van der Waals surface area contributed by atoms with Gasteiger partial charge in [0.05, 0.1) is 16.6 Å². The summed E-state index contributed by atoms with van der Waals surface area (Å²) in [5, 5.41) is 11.5. The van der Waals surface area contributed by atoms with E-state index in [0.717, 1.165) is 0 Å². The molecule has 2 nitrogen and oxygen atoms in total. The molecule has 0 fully saturated rings. The standard InChI is InChI=1S/C38H24N2/c1-2-10-26(11-3-1)40-36-17-9-8-16-33(36)34-20-18-25-22-23-39(37(25)38(34)40)27-19-21-32-30-14-5-4-12-28(30)29-13-6-7-15-31(29)35(32)24-27/h1-24H. The summed E-state index contributed by atoms with van der Waals surface area (Å²) in [5.74, 6) is 0. The van der Waals surface area contributed by atoms with Crippen LogP contribution in [0.25, 0.3) is 76.4 Å². The van der Waals surface area contributed by atoms with Gasteiger partial charge in [-0.2, -0.15) is 0 Å². The number of benzene rings is 7. The number of nitrogens with zero attached hydrogens (tertiary/aromatic N) is 2. The van der Waals surface area contributed by atoms with Crippen LogP contribution in [0.3, 0.4) is 0 Å². The Kier molecular flexibility index (Phi) is 4.36. The summed E-state index contributed by atoms with van der Waals surface area (Å²) in [6.07, 6.45) is 2.22. The third-order valence-corrected chi connectivity index (χ3v) is 8.51. The zero-order chi connectivity index (χ0) is 26.2. The molecule has 0 aliphatic rings. The molecule has 7 aromatic carbocycles. The largest absolute Gasteiger partial charge is 0.315 e. The third-order valence-electron chi connectivity index (χ3n) is 8.51. The van der Waals surface area contributed by atoms with E-state index in [2.05, 4.69) is 155 Å². The van der Waals surface area contributed by atoms with Crippen molar-refractivity contribution in [3.63, 3.8) is 0 Å². The molecule has 0 N–H and O–H groups in total. The first-order valence-electron chi connectivity index (χ1n) is 13.8. The molecule has 0 saturated carbocycles. The highest BCUT2D eigenvalue weighted by atomic mass is 15.0. The topological polar surface area (TPSA) is 9.86 Å². The molecule has 9 aromatic rings. The van der Waals surface area contributed by atoms with Crippen molar-refractivity contribution in [1.29, 1.82) is 0 Å². The highest BCUT2D eigenvalue weighted by Gasteiger charge is 2.18. The van der Waals surface area contributed by atoms with Crippen molar-refractivity contribution < 1.29 is 0 Å². The minimum Gasteiger partial charge on any atom is -0.315 e. The smallest absolute Gasteiger partial charge is 0.0788 e. The van der Waals surface area contributed by atoms with Crippen molar-refractivity contribution in [3.8, 4) is 11.4 Å². The summed E-state index contributed by atoms with van der Waals surface area (Å²) in [6.45, 7) is 0. The number of para-hydroxylation sites is 2. The molecule has 0 unspecified atom stereocenters. The normalized spacial score (nSPS) is 12.0. The molecule has 0 aliphatic carbocycles. The van der Waals surface area contributed by atoms with Crippen molar-refractivity contribution in [2.75, 3.05) is 0 Å². The zero-order valence-corrected chi connectivity index (χ0v) is 21.8. The highest BCUT2D eigenvalue weighted by molar-refractivity contribution is 6.25. The van der Waals surface area contributed by atoms with Crippen molar-refractivity contribution in [2.24, 2.45) is 0 Å². The fraction of sp³-hybridized carbons (Fsp3) is 0. The van der Waals surface area contributed by atoms with Gasteiger partial charge in [-0.05, 0) is 68.7 Å². The molecule has 0 bridgehead atoms. The van der Waals surface area contributed by atoms with Gasteiger partial charge in [-0.25, -0.2) is 0 Å². The summed E-state index contributed by atoms with van der Waals surface area (Å²) in [7, 11) is 0. The van der Waals surface area contributed by atoms with Gasteiger partial charge in [0.25, 0.3) is 0 Å². The van der Waals surface area contributed by atoms with Crippen molar-refractivity contribution in [2.45, 2.75) is 0 Å². The highest BCUT2D eigenvalue weighted by Crippen LogP contribution is 2.40. The average Bonchev–Trinajstić information content (AvgIpc) is 3.61. The van der Waals surface area contributed by atoms with Gasteiger partial charge >= 0.3 is 0 Å². The molecule has 0 radical (unpaired) electrons. The van der Waals surface area contributed by atoms with Crippen LogP contribution in [-0.2, 0) is 0 Å². The van der Waals surface area contributed by atoms with Crippen LogP contribution >= 0.6 is 0 Å². The second-order valence-electron chi connectivity index (χ2n) is 10.6. The van der Waals surface area contributed by atoms with Crippen molar-refractivity contribution in [1.82, 2.24) is 9.13 Å². The first-order chi connectivity index (χ1) is 19.9. The number of fused-ring (bicyclic) bond motifs is 11. The maximum atomic E-state index is 2.42. The van der Waals surface area contributed by atoms with Gasteiger partial charge in [0.15, 0.2) is 0 Å². The summed E-state index contributed by atoms with van der Waals surface area (Å²) in [6, 6.07) is 50.8. The summed E-state index contributed by atoms with van der Waals surface area (Å²) >= 11 is 0. The van der Waals surface area contributed by atoms with Crippen molar-refractivity contribution >= 4 is 65.0 Å². The van der Waals surface area contributed by atoms with Gasteiger partial charge in [0.2, 0.25) is 0 Å². The van der Waals surface area contributed by atoms with E-state index >= 15 is 0 Å². The minimum absolute atomic E-state index is 1.17. The Hall–Kier alpha value is -5.34. The molecule has 0 spiro atoms. The van der Waals surface area contributed by atoms with Crippen LogP contribution in [-0.4, -0.2) is 9.13 Å².